The largest absolute Gasteiger partial charge is 0.471 e. The van der Waals surface area contributed by atoms with E-state index < -0.39 is 47.4 Å². The molecule has 3 aliphatic rings. The number of likely N-dealkylation sites (tertiary alicyclic amines) is 2. The van der Waals surface area contributed by atoms with Crippen LogP contribution in [0.15, 0.2) is 30.3 Å². The van der Waals surface area contributed by atoms with Crippen molar-refractivity contribution in [2.75, 3.05) is 33.3 Å². The summed E-state index contributed by atoms with van der Waals surface area (Å²) in [5, 5.41) is 0. The number of halogens is 3. The summed E-state index contributed by atoms with van der Waals surface area (Å²) < 4.78 is 51.2. The summed E-state index contributed by atoms with van der Waals surface area (Å²) in [5.41, 5.74) is -0.408. The zero-order valence-electron chi connectivity index (χ0n) is 22.3. The number of ether oxygens (including phenoxy) is 2. The predicted molar refractivity (Wildman–Crippen MR) is 132 cm³/mol. The number of alkyl halides is 3. The Morgan fingerprint density at radius 1 is 1.05 bits per heavy atom. The molecule has 38 heavy (non-hydrogen) atoms. The molecule has 0 aromatic heterocycles. The fourth-order valence-corrected chi connectivity index (χ4v) is 5.78. The molecule has 4 rings (SSSR count). The van der Waals surface area contributed by atoms with Crippen molar-refractivity contribution in [1.29, 1.82) is 0 Å². The molecular weight excluding hydrogens is 503 g/mol. The number of piperidine rings is 1. The molecule has 0 radical (unpaired) electrons. The van der Waals surface area contributed by atoms with Crippen molar-refractivity contribution < 1.29 is 37.0 Å². The Morgan fingerprint density at radius 2 is 1.66 bits per heavy atom. The first-order valence-electron chi connectivity index (χ1n) is 13.0. The highest BCUT2D eigenvalue weighted by atomic mass is 19.4. The van der Waals surface area contributed by atoms with E-state index in [0.29, 0.717) is 32.4 Å². The number of carbonyl (C=O) groups excluding carboxylic acids is 3. The molecule has 1 unspecified atom stereocenters. The van der Waals surface area contributed by atoms with Crippen molar-refractivity contribution in [1.82, 2.24) is 14.7 Å². The van der Waals surface area contributed by atoms with Crippen LogP contribution in [0.2, 0.25) is 0 Å². The van der Waals surface area contributed by atoms with E-state index in [1.54, 1.807) is 20.8 Å². The Labute approximate surface area is 221 Å². The van der Waals surface area contributed by atoms with E-state index >= 15 is 0 Å². The quantitative estimate of drug-likeness (QED) is 0.510. The minimum Gasteiger partial charge on any atom is -0.469 e. The van der Waals surface area contributed by atoms with Crippen LogP contribution in [-0.2, 0) is 19.1 Å². The van der Waals surface area contributed by atoms with Gasteiger partial charge in [-0.25, -0.2) is 4.79 Å². The molecule has 2 amide bonds. The normalized spacial score (nSPS) is 23.8. The van der Waals surface area contributed by atoms with E-state index in [1.807, 2.05) is 30.3 Å². The fraction of sp³-hybridized carbons (Fsp3) is 0.667. The maximum absolute atomic E-state index is 13.6. The van der Waals surface area contributed by atoms with Crippen LogP contribution in [0.5, 0.6) is 0 Å². The van der Waals surface area contributed by atoms with Gasteiger partial charge in [-0.3, -0.25) is 14.5 Å². The predicted octanol–water partition coefficient (Wildman–Crippen LogP) is 3.95. The summed E-state index contributed by atoms with van der Waals surface area (Å²) in [4.78, 5) is 42.0. The van der Waals surface area contributed by atoms with Crippen molar-refractivity contribution in [3.8, 4) is 0 Å². The Kier molecular flexibility index (Phi) is 7.71. The Morgan fingerprint density at radius 3 is 2.18 bits per heavy atom. The maximum Gasteiger partial charge on any atom is 0.471 e. The van der Waals surface area contributed by atoms with Crippen LogP contribution < -0.4 is 0 Å². The van der Waals surface area contributed by atoms with Crippen LogP contribution in [0, 0.1) is 0 Å². The minimum absolute atomic E-state index is 0.0529. The third-order valence-corrected chi connectivity index (χ3v) is 7.67. The van der Waals surface area contributed by atoms with Crippen LogP contribution in [0.4, 0.5) is 18.0 Å². The molecule has 1 saturated carbocycles. The SMILES string of the molecule is COC(=O)CC1(N2CCC(N(C(=O)C(F)(F)F)[C@@H]3CC3c3ccccc3)CC2)CN(C(=O)OC(C)(C)C)C1. The highest BCUT2D eigenvalue weighted by molar-refractivity contribution is 5.83. The molecule has 3 fully saturated rings. The lowest BCUT2D eigenvalue weighted by atomic mass is 9.82. The molecule has 1 aromatic rings. The summed E-state index contributed by atoms with van der Waals surface area (Å²) in [6.45, 7) is 6.62. The van der Waals surface area contributed by atoms with E-state index in [-0.39, 0.29) is 25.4 Å². The number of methoxy groups -OCH3 is 1. The first kappa shape index (κ1) is 28.2. The average Bonchev–Trinajstić information content (AvgIpc) is 3.61. The third kappa shape index (κ3) is 6.08. The van der Waals surface area contributed by atoms with Gasteiger partial charge in [0.15, 0.2) is 0 Å². The number of esters is 1. The molecule has 2 aliphatic heterocycles. The average molecular weight is 540 g/mol. The fourth-order valence-electron chi connectivity index (χ4n) is 5.78. The number of nitrogens with zero attached hydrogens (tertiary/aromatic N) is 3. The van der Waals surface area contributed by atoms with Gasteiger partial charge >= 0.3 is 24.1 Å². The molecule has 0 spiro atoms. The van der Waals surface area contributed by atoms with Crippen LogP contribution in [-0.4, -0.2) is 95.4 Å². The summed E-state index contributed by atoms with van der Waals surface area (Å²) >= 11 is 0. The van der Waals surface area contributed by atoms with Crippen LogP contribution in [0.3, 0.4) is 0 Å². The topological polar surface area (TPSA) is 79.4 Å². The van der Waals surface area contributed by atoms with Gasteiger partial charge in [0.05, 0.1) is 19.1 Å². The monoisotopic (exact) mass is 539 g/mol. The Hall–Kier alpha value is -2.82. The Bertz CT molecular complexity index is 1030. The third-order valence-electron chi connectivity index (χ3n) is 7.67. The molecule has 1 aliphatic carbocycles. The highest BCUT2D eigenvalue weighted by Gasteiger charge is 2.56. The van der Waals surface area contributed by atoms with Crippen molar-refractivity contribution in [3.05, 3.63) is 35.9 Å². The van der Waals surface area contributed by atoms with E-state index in [0.717, 1.165) is 10.5 Å². The zero-order chi connectivity index (χ0) is 27.9. The van der Waals surface area contributed by atoms with Crippen LogP contribution in [0.25, 0.3) is 0 Å². The standard InChI is InChI=1S/C27H36F3N3O5/c1-25(2,3)38-24(36)31-16-26(17-31,15-22(34)37-4)32-12-10-19(11-13-32)33(23(35)27(28,29)30)21-14-20(21)18-8-6-5-7-9-18/h5-9,19-21H,10-17H2,1-4H3/t20?,21-/m1/s1. The number of hydrogen-bond donors (Lipinski definition) is 0. The molecule has 0 bridgehead atoms. The number of benzene rings is 1. The van der Waals surface area contributed by atoms with Crippen LogP contribution >= 0.6 is 0 Å². The van der Waals surface area contributed by atoms with E-state index in [2.05, 4.69) is 4.90 Å². The van der Waals surface area contributed by atoms with Crippen molar-refractivity contribution in [3.63, 3.8) is 0 Å². The number of hydrogen-bond acceptors (Lipinski definition) is 6. The molecular formula is C27H36F3N3O5. The highest BCUT2D eigenvalue weighted by Crippen LogP contribution is 2.48. The van der Waals surface area contributed by atoms with Gasteiger partial charge in [0.1, 0.15) is 5.60 Å². The second-order valence-corrected chi connectivity index (χ2v) is 11.6. The molecule has 2 saturated heterocycles. The van der Waals surface area contributed by atoms with E-state index in [1.165, 1.54) is 12.0 Å². The van der Waals surface area contributed by atoms with Crippen LogP contribution in [0.1, 0.15) is 57.9 Å². The molecule has 2 atom stereocenters. The van der Waals surface area contributed by atoms with Gasteiger partial charge in [-0.1, -0.05) is 30.3 Å². The molecule has 1 aromatic carbocycles. The van der Waals surface area contributed by atoms with Gasteiger partial charge in [0.25, 0.3) is 0 Å². The number of carbonyl (C=O) groups is 3. The molecule has 0 N–H and O–H groups in total. The van der Waals surface area contributed by atoms with Gasteiger partial charge in [-0.05, 0) is 45.6 Å². The molecule has 8 nitrogen and oxygen atoms in total. The zero-order valence-corrected chi connectivity index (χ0v) is 22.3. The maximum atomic E-state index is 13.6. The lowest BCUT2D eigenvalue weighted by molar-refractivity contribution is -0.190. The Balaban J connectivity index is 1.45. The van der Waals surface area contributed by atoms with Gasteiger partial charge in [0, 0.05) is 44.2 Å². The summed E-state index contributed by atoms with van der Waals surface area (Å²) in [6.07, 6.45) is -4.18. The van der Waals surface area contributed by atoms with Crippen molar-refractivity contribution in [2.45, 2.75) is 81.8 Å². The van der Waals surface area contributed by atoms with Gasteiger partial charge in [-0.2, -0.15) is 13.2 Å². The number of amides is 2. The minimum atomic E-state index is -4.95. The summed E-state index contributed by atoms with van der Waals surface area (Å²) in [7, 11) is 1.30. The lowest BCUT2D eigenvalue weighted by Gasteiger charge is -2.57. The molecule has 2 heterocycles. The van der Waals surface area contributed by atoms with E-state index in [9.17, 15) is 27.6 Å². The second kappa shape index (κ2) is 10.4. The van der Waals surface area contributed by atoms with Gasteiger partial charge < -0.3 is 19.3 Å². The molecule has 210 valence electrons. The summed E-state index contributed by atoms with van der Waals surface area (Å²) in [5.74, 6) is -2.32. The second-order valence-electron chi connectivity index (χ2n) is 11.6. The lowest BCUT2D eigenvalue weighted by Crippen LogP contribution is -2.73. The van der Waals surface area contributed by atoms with E-state index in [4.69, 9.17) is 9.47 Å². The van der Waals surface area contributed by atoms with Gasteiger partial charge in [0.2, 0.25) is 0 Å². The first-order chi connectivity index (χ1) is 17.7. The summed E-state index contributed by atoms with van der Waals surface area (Å²) in [6, 6.07) is 8.26. The molecule has 11 heteroatoms. The van der Waals surface area contributed by atoms with Crippen molar-refractivity contribution >= 4 is 18.0 Å². The first-order valence-corrected chi connectivity index (χ1v) is 13.0. The van der Waals surface area contributed by atoms with Crippen molar-refractivity contribution in [2.24, 2.45) is 0 Å². The smallest absolute Gasteiger partial charge is 0.469 e. The number of rotatable bonds is 6. The van der Waals surface area contributed by atoms with Gasteiger partial charge in [-0.15, -0.1) is 0 Å².